The molecule has 2 aromatic carbocycles. The number of hydrogen-bond acceptors (Lipinski definition) is 2. The average Bonchev–Trinajstić information content (AvgIpc) is 2.99. The standard InChI is InChI=1S/C16H13ClFN3/c17-14-6-2-7-15(16(14)21-9-3-8-20-21)19-11-12-4-1-5-13(18)10-12/h1-10,19H,11H2. The Hall–Kier alpha value is -2.33. The van der Waals surface area contributed by atoms with Crippen LogP contribution in [0.15, 0.2) is 60.9 Å². The molecule has 0 saturated carbocycles. The van der Waals surface area contributed by atoms with Crippen molar-refractivity contribution in [2.75, 3.05) is 5.32 Å². The number of para-hydroxylation sites is 1. The lowest BCUT2D eigenvalue weighted by molar-refractivity contribution is 0.626. The largest absolute Gasteiger partial charge is 0.379 e. The van der Waals surface area contributed by atoms with E-state index in [0.717, 1.165) is 16.9 Å². The first-order valence-electron chi connectivity index (χ1n) is 6.51. The summed E-state index contributed by atoms with van der Waals surface area (Å²) in [6, 6.07) is 13.9. The molecule has 1 heterocycles. The molecule has 3 nitrogen and oxygen atoms in total. The predicted octanol–water partition coefficient (Wildman–Crippen LogP) is 4.28. The number of hydrogen-bond donors (Lipinski definition) is 1. The Morgan fingerprint density at radius 2 is 2.00 bits per heavy atom. The van der Waals surface area contributed by atoms with Gasteiger partial charge < -0.3 is 5.32 Å². The second-order valence-corrected chi connectivity index (χ2v) is 4.98. The third kappa shape index (κ3) is 3.06. The normalized spacial score (nSPS) is 10.6. The van der Waals surface area contributed by atoms with Gasteiger partial charge >= 0.3 is 0 Å². The van der Waals surface area contributed by atoms with Crippen LogP contribution in [0.2, 0.25) is 5.02 Å². The Morgan fingerprint density at radius 1 is 1.14 bits per heavy atom. The number of aromatic nitrogens is 2. The van der Waals surface area contributed by atoms with Gasteiger partial charge in [-0.25, -0.2) is 9.07 Å². The summed E-state index contributed by atoms with van der Waals surface area (Å²) in [6.45, 7) is 0.506. The van der Waals surface area contributed by atoms with Gasteiger partial charge in [-0.1, -0.05) is 29.8 Å². The molecule has 1 N–H and O–H groups in total. The molecule has 0 fully saturated rings. The summed E-state index contributed by atoms with van der Waals surface area (Å²) in [5.74, 6) is -0.243. The Bertz CT molecular complexity index is 741. The van der Waals surface area contributed by atoms with Gasteiger partial charge in [-0.15, -0.1) is 0 Å². The summed E-state index contributed by atoms with van der Waals surface area (Å²) >= 11 is 6.27. The van der Waals surface area contributed by atoms with E-state index in [1.165, 1.54) is 12.1 Å². The summed E-state index contributed by atoms with van der Waals surface area (Å²) in [4.78, 5) is 0. The van der Waals surface area contributed by atoms with Crippen LogP contribution < -0.4 is 5.32 Å². The maximum atomic E-state index is 13.2. The lowest BCUT2D eigenvalue weighted by Crippen LogP contribution is -2.05. The summed E-state index contributed by atoms with van der Waals surface area (Å²) in [6.07, 6.45) is 3.52. The van der Waals surface area contributed by atoms with Gasteiger partial charge in [0.2, 0.25) is 0 Å². The van der Waals surface area contributed by atoms with Crippen LogP contribution in [-0.2, 0) is 6.54 Å². The van der Waals surface area contributed by atoms with E-state index in [1.54, 1.807) is 16.9 Å². The Balaban J connectivity index is 1.88. The van der Waals surface area contributed by atoms with Gasteiger partial charge in [-0.2, -0.15) is 5.10 Å². The van der Waals surface area contributed by atoms with Crippen molar-refractivity contribution in [3.8, 4) is 5.69 Å². The number of nitrogens with zero attached hydrogens (tertiary/aromatic N) is 2. The highest BCUT2D eigenvalue weighted by molar-refractivity contribution is 6.33. The Kier molecular flexibility index (Phi) is 3.88. The third-order valence-electron chi connectivity index (χ3n) is 3.09. The number of anilines is 1. The molecule has 0 spiro atoms. The van der Waals surface area contributed by atoms with Crippen LogP contribution in [-0.4, -0.2) is 9.78 Å². The minimum Gasteiger partial charge on any atom is -0.379 e. The van der Waals surface area contributed by atoms with Crippen LogP contribution in [0.5, 0.6) is 0 Å². The van der Waals surface area contributed by atoms with E-state index >= 15 is 0 Å². The molecule has 21 heavy (non-hydrogen) atoms. The topological polar surface area (TPSA) is 29.9 Å². The summed E-state index contributed by atoms with van der Waals surface area (Å²) in [5, 5.41) is 8.08. The SMILES string of the molecule is Fc1cccc(CNc2cccc(Cl)c2-n2cccn2)c1. The molecule has 1 aromatic heterocycles. The van der Waals surface area contributed by atoms with Crippen molar-refractivity contribution in [3.63, 3.8) is 0 Å². The quantitative estimate of drug-likeness (QED) is 0.779. The van der Waals surface area contributed by atoms with Crippen LogP contribution in [0, 0.1) is 5.82 Å². The van der Waals surface area contributed by atoms with Gasteiger partial charge in [-0.3, -0.25) is 0 Å². The van der Waals surface area contributed by atoms with Gasteiger partial charge in [0.05, 0.1) is 10.7 Å². The van der Waals surface area contributed by atoms with Crippen LogP contribution in [0.1, 0.15) is 5.56 Å². The van der Waals surface area contributed by atoms with Gasteiger partial charge in [-0.05, 0) is 35.9 Å². The van der Waals surface area contributed by atoms with Crippen LogP contribution in [0.3, 0.4) is 0 Å². The van der Waals surface area contributed by atoms with E-state index in [1.807, 2.05) is 36.5 Å². The van der Waals surface area contributed by atoms with Crippen molar-refractivity contribution in [2.24, 2.45) is 0 Å². The zero-order valence-corrected chi connectivity index (χ0v) is 11.9. The van der Waals surface area contributed by atoms with E-state index in [2.05, 4.69) is 10.4 Å². The fourth-order valence-electron chi connectivity index (χ4n) is 2.14. The van der Waals surface area contributed by atoms with Gasteiger partial charge in [0.15, 0.2) is 0 Å². The van der Waals surface area contributed by atoms with Gasteiger partial charge in [0, 0.05) is 18.9 Å². The van der Waals surface area contributed by atoms with Gasteiger partial charge in [0.25, 0.3) is 0 Å². The molecule has 3 aromatic rings. The second-order valence-electron chi connectivity index (χ2n) is 4.57. The molecule has 0 unspecified atom stereocenters. The van der Waals surface area contributed by atoms with Gasteiger partial charge in [0.1, 0.15) is 11.5 Å². The molecule has 0 aliphatic rings. The van der Waals surface area contributed by atoms with Crippen molar-refractivity contribution >= 4 is 17.3 Å². The average molecular weight is 302 g/mol. The molecule has 0 bridgehead atoms. The van der Waals surface area contributed by atoms with Crippen molar-refractivity contribution < 1.29 is 4.39 Å². The fraction of sp³-hybridized carbons (Fsp3) is 0.0625. The van der Waals surface area contributed by atoms with E-state index in [9.17, 15) is 4.39 Å². The predicted molar refractivity (Wildman–Crippen MR) is 82.3 cm³/mol. The number of benzene rings is 2. The molecular weight excluding hydrogens is 289 g/mol. The lowest BCUT2D eigenvalue weighted by atomic mass is 10.2. The fourth-order valence-corrected chi connectivity index (χ4v) is 2.40. The molecule has 0 saturated heterocycles. The van der Waals surface area contributed by atoms with Crippen LogP contribution in [0.4, 0.5) is 10.1 Å². The first kappa shape index (κ1) is 13.6. The Labute approximate surface area is 127 Å². The molecule has 0 aliphatic heterocycles. The summed E-state index contributed by atoms with van der Waals surface area (Å²) in [7, 11) is 0. The number of nitrogens with one attached hydrogen (secondary N) is 1. The number of rotatable bonds is 4. The zero-order chi connectivity index (χ0) is 14.7. The molecule has 0 amide bonds. The minimum absolute atomic E-state index is 0.243. The lowest BCUT2D eigenvalue weighted by Gasteiger charge is -2.13. The molecule has 0 atom stereocenters. The Morgan fingerprint density at radius 3 is 2.76 bits per heavy atom. The van der Waals surface area contributed by atoms with Crippen molar-refractivity contribution in [3.05, 3.63) is 77.3 Å². The monoisotopic (exact) mass is 301 g/mol. The van der Waals surface area contributed by atoms with E-state index < -0.39 is 0 Å². The van der Waals surface area contributed by atoms with Crippen molar-refractivity contribution in [1.82, 2.24) is 9.78 Å². The van der Waals surface area contributed by atoms with Crippen molar-refractivity contribution in [2.45, 2.75) is 6.54 Å². The highest BCUT2D eigenvalue weighted by Gasteiger charge is 2.09. The smallest absolute Gasteiger partial charge is 0.123 e. The molecule has 106 valence electrons. The molecule has 5 heteroatoms. The van der Waals surface area contributed by atoms with Crippen LogP contribution >= 0.6 is 11.6 Å². The third-order valence-corrected chi connectivity index (χ3v) is 3.40. The van der Waals surface area contributed by atoms with Crippen LogP contribution in [0.25, 0.3) is 5.69 Å². The summed E-state index contributed by atoms with van der Waals surface area (Å²) < 4.78 is 14.9. The highest BCUT2D eigenvalue weighted by Crippen LogP contribution is 2.28. The van der Waals surface area contributed by atoms with Crippen molar-refractivity contribution in [1.29, 1.82) is 0 Å². The summed E-state index contributed by atoms with van der Waals surface area (Å²) in [5.41, 5.74) is 2.48. The van der Waals surface area contributed by atoms with E-state index in [-0.39, 0.29) is 5.82 Å². The molecule has 0 aliphatic carbocycles. The number of halogens is 2. The maximum absolute atomic E-state index is 13.2. The zero-order valence-electron chi connectivity index (χ0n) is 11.1. The maximum Gasteiger partial charge on any atom is 0.123 e. The minimum atomic E-state index is -0.243. The molecule has 0 radical (unpaired) electrons. The molecular formula is C16H13ClFN3. The molecule has 3 rings (SSSR count). The second kappa shape index (κ2) is 5.97. The van der Waals surface area contributed by atoms with E-state index in [4.69, 9.17) is 11.6 Å². The highest BCUT2D eigenvalue weighted by atomic mass is 35.5. The first-order valence-corrected chi connectivity index (χ1v) is 6.89. The first-order chi connectivity index (χ1) is 10.2. The van der Waals surface area contributed by atoms with E-state index in [0.29, 0.717) is 11.6 Å².